The molecule has 18 heavy (non-hydrogen) atoms. The third kappa shape index (κ3) is 1.71. The lowest BCUT2D eigenvalue weighted by Gasteiger charge is -2.43. The van der Waals surface area contributed by atoms with Gasteiger partial charge < -0.3 is 5.32 Å². The first-order valence-electron chi connectivity index (χ1n) is 7.13. The molecule has 0 aliphatic heterocycles. The zero-order valence-electron chi connectivity index (χ0n) is 12.0. The second-order valence-corrected chi connectivity index (χ2v) is 7.25. The lowest BCUT2D eigenvalue weighted by molar-refractivity contribution is 0.108. The van der Waals surface area contributed by atoms with Gasteiger partial charge in [0, 0.05) is 31.4 Å². The Morgan fingerprint density at radius 2 is 2.22 bits per heavy atom. The van der Waals surface area contributed by atoms with Crippen molar-refractivity contribution in [2.75, 3.05) is 0 Å². The number of nitrogens with one attached hydrogen (secondary N) is 1. The van der Waals surface area contributed by atoms with Crippen molar-refractivity contribution in [2.24, 2.45) is 23.8 Å². The zero-order chi connectivity index (χ0) is 13.0. The molecular formula is C15H25N3. The fourth-order valence-electron chi connectivity index (χ4n) is 4.59. The van der Waals surface area contributed by atoms with Gasteiger partial charge in [0.25, 0.3) is 0 Å². The lowest BCUT2D eigenvalue weighted by atomic mass is 9.68. The molecule has 1 heterocycles. The summed E-state index contributed by atoms with van der Waals surface area (Å²) in [4.78, 5) is 0. The Labute approximate surface area is 110 Å². The maximum atomic E-state index is 4.24. The van der Waals surface area contributed by atoms with Crippen LogP contribution < -0.4 is 5.32 Å². The van der Waals surface area contributed by atoms with E-state index in [0.717, 1.165) is 12.5 Å². The number of nitrogens with zero attached hydrogens (tertiary/aromatic N) is 2. The van der Waals surface area contributed by atoms with Crippen LogP contribution in [0.4, 0.5) is 0 Å². The van der Waals surface area contributed by atoms with Gasteiger partial charge in [-0.2, -0.15) is 5.10 Å². The maximum Gasteiger partial charge on any atom is 0.0534 e. The van der Waals surface area contributed by atoms with Gasteiger partial charge in [0.2, 0.25) is 0 Å². The Morgan fingerprint density at radius 1 is 1.44 bits per heavy atom. The molecule has 1 aromatic heterocycles. The molecule has 0 amide bonds. The minimum atomic E-state index is 0.440. The number of fused-ring (bicyclic) bond motifs is 2. The minimum absolute atomic E-state index is 0.440. The van der Waals surface area contributed by atoms with Crippen molar-refractivity contribution in [1.82, 2.24) is 15.1 Å². The highest BCUT2D eigenvalue weighted by Crippen LogP contribution is 2.62. The summed E-state index contributed by atoms with van der Waals surface area (Å²) in [5.41, 5.74) is 2.24. The van der Waals surface area contributed by atoms with Gasteiger partial charge in [-0.25, -0.2) is 0 Å². The summed E-state index contributed by atoms with van der Waals surface area (Å²) in [6.07, 6.45) is 8.30. The van der Waals surface area contributed by atoms with E-state index in [1.165, 1.54) is 24.8 Å². The molecule has 3 rings (SSSR count). The third-order valence-corrected chi connectivity index (χ3v) is 5.54. The largest absolute Gasteiger partial charge is 0.309 e. The second kappa shape index (κ2) is 3.83. The highest BCUT2D eigenvalue weighted by atomic mass is 15.2. The van der Waals surface area contributed by atoms with E-state index in [4.69, 9.17) is 0 Å². The van der Waals surface area contributed by atoms with Crippen molar-refractivity contribution in [3.8, 4) is 0 Å². The van der Waals surface area contributed by atoms with Crippen molar-refractivity contribution in [1.29, 1.82) is 0 Å². The fourth-order valence-corrected chi connectivity index (χ4v) is 4.59. The van der Waals surface area contributed by atoms with Crippen molar-refractivity contribution in [3.05, 3.63) is 18.0 Å². The molecule has 3 atom stereocenters. The van der Waals surface area contributed by atoms with Crippen molar-refractivity contribution in [2.45, 2.75) is 52.6 Å². The standard InChI is InChI=1S/C15H25N3/c1-14(2)12-5-6-15(3,7-12)13(14)16-8-11-9-17-18(4)10-11/h9-10,12-13,16H,5-8H2,1-4H3. The molecule has 3 nitrogen and oxygen atoms in total. The number of hydrogen-bond acceptors (Lipinski definition) is 2. The van der Waals surface area contributed by atoms with Crippen LogP contribution in [0.5, 0.6) is 0 Å². The van der Waals surface area contributed by atoms with Crippen LogP contribution in [0.15, 0.2) is 12.4 Å². The van der Waals surface area contributed by atoms with E-state index in [1.807, 2.05) is 17.9 Å². The predicted octanol–water partition coefficient (Wildman–Crippen LogP) is 2.72. The first-order valence-corrected chi connectivity index (χ1v) is 7.13. The zero-order valence-corrected chi connectivity index (χ0v) is 12.0. The molecule has 3 unspecified atom stereocenters. The second-order valence-electron chi connectivity index (χ2n) is 7.25. The molecule has 0 aromatic carbocycles. The van der Waals surface area contributed by atoms with E-state index in [1.54, 1.807) is 0 Å². The third-order valence-electron chi connectivity index (χ3n) is 5.54. The van der Waals surface area contributed by atoms with Crippen LogP contribution in [0.2, 0.25) is 0 Å². The van der Waals surface area contributed by atoms with Crippen molar-refractivity contribution < 1.29 is 0 Å². The van der Waals surface area contributed by atoms with E-state index >= 15 is 0 Å². The van der Waals surface area contributed by atoms with E-state index < -0.39 is 0 Å². The molecule has 3 heteroatoms. The van der Waals surface area contributed by atoms with Gasteiger partial charge in [-0.15, -0.1) is 0 Å². The smallest absolute Gasteiger partial charge is 0.0534 e. The molecular weight excluding hydrogens is 222 g/mol. The minimum Gasteiger partial charge on any atom is -0.309 e. The SMILES string of the molecule is Cn1cc(CNC2C3(C)CCC(C3)C2(C)C)cn1. The summed E-state index contributed by atoms with van der Waals surface area (Å²) in [7, 11) is 1.98. The maximum absolute atomic E-state index is 4.24. The van der Waals surface area contributed by atoms with Gasteiger partial charge in [-0.05, 0) is 36.0 Å². The van der Waals surface area contributed by atoms with Crippen LogP contribution in [0.3, 0.4) is 0 Å². The summed E-state index contributed by atoms with van der Waals surface area (Å²) in [5.74, 6) is 0.911. The molecule has 2 saturated carbocycles. The predicted molar refractivity (Wildman–Crippen MR) is 73.1 cm³/mol. The van der Waals surface area contributed by atoms with Crippen LogP contribution in [0.25, 0.3) is 0 Å². The molecule has 0 saturated heterocycles. The Bertz CT molecular complexity index is 444. The molecule has 2 fully saturated rings. The van der Waals surface area contributed by atoms with E-state index in [9.17, 15) is 0 Å². The molecule has 100 valence electrons. The Hall–Kier alpha value is -0.830. The first-order chi connectivity index (χ1) is 8.42. The van der Waals surface area contributed by atoms with Gasteiger partial charge in [0.1, 0.15) is 0 Å². The van der Waals surface area contributed by atoms with Crippen molar-refractivity contribution >= 4 is 0 Å². The number of rotatable bonds is 3. The highest BCUT2D eigenvalue weighted by Gasteiger charge is 2.58. The number of aromatic nitrogens is 2. The summed E-state index contributed by atoms with van der Waals surface area (Å²) in [6, 6.07) is 0.643. The monoisotopic (exact) mass is 247 g/mol. The van der Waals surface area contributed by atoms with Crippen molar-refractivity contribution in [3.63, 3.8) is 0 Å². The Morgan fingerprint density at radius 3 is 2.78 bits per heavy atom. The topological polar surface area (TPSA) is 29.9 Å². The average Bonchev–Trinajstić information content (AvgIpc) is 2.89. The van der Waals surface area contributed by atoms with Gasteiger partial charge >= 0.3 is 0 Å². The molecule has 0 spiro atoms. The Kier molecular flexibility index (Phi) is 2.60. The normalized spacial score (nSPS) is 37.3. The van der Waals surface area contributed by atoms with Crippen LogP contribution >= 0.6 is 0 Å². The molecule has 2 aliphatic rings. The van der Waals surface area contributed by atoms with Gasteiger partial charge in [-0.3, -0.25) is 4.68 Å². The van der Waals surface area contributed by atoms with Gasteiger partial charge in [-0.1, -0.05) is 20.8 Å². The summed E-state index contributed by atoms with van der Waals surface area (Å²) in [6.45, 7) is 8.32. The number of hydrogen-bond donors (Lipinski definition) is 1. The fraction of sp³-hybridized carbons (Fsp3) is 0.800. The highest BCUT2D eigenvalue weighted by molar-refractivity contribution is 5.13. The summed E-state index contributed by atoms with van der Waals surface area (Å²) >= 11 is 0. The summed E-state index contributed by atoms with van der Waals surface area (Å²) in [5, 5.41) is 8.06. The first kappa shape index (κ1) is 12.2. The molecule has 1 aromatic rings. The van der Waals surface area contributed by atoms with Crippen LogP contribution in [0.1, 0.15) is 45.6 Å². The molecule has 2 bridgehead atoms. The quantitative estimate of drug-likeness (QED) is 0.890. The Balaban J connectivity index is 1.72. The van der Waals surface area contributed by atoms with Gasteiger partial charge in [0.05, 0.1) is 6.20 Å². The van der Waals surface area contributed by atoms with Gasteiger partial charge in [0.15, 0.2) is 0 Å². The average molecular weight is 247 g/mol. The van der Waals surface area contributed by atoms with E-state index in [2.05, 4.69) is 37.4 Å². The summed E-state index contributed by atoms with van der Waals surface area (Å²) < 4.78 is 1.88. The van der Waals surface area contributed by atoms with E-state index in [-0.39, 0.29) is 0 Å². The molecule has 1 N–H and O–H groups in total. The molecule has 2 aliphatic carbocycles. The molecule has 0 radical (unpaired) electrons. The van der Waals surface area contributed by atoms with Crippen LogP contribution in [-0.2, 0) is 13.6 Å². The van der Waals surface area contributed by atoms with Crippen LogP contribution in [0, 0.1) is 16.7 Å². The van der Waals surface area contributed by atoms with Crippen LogP contribution in [-0.4, -0.2) is 15.8 Å². The number of aryl methyl sites for hydroxylation is 1. The van der Waals surface area contributed by atoms with E-state index in [0.29, 0.717) is 16.9 Å². The lowest BCUT2D eigenvalue weighted by Crippen LogP contribution is -2.49.